The number of ketones is 1. The van der Waals surface area contributed by atoms with Crippen LogP contribution in [0.4, 0.5) is 8.78 Å². The van der Waals surface area contributed by atoms with Crippen LogP contribution in [-0.4, -0.2) is 5.78 Å². The first kappa shape index (κ1) is 13.9. The molecular weight excluding hydrogens is 314 g/mol. The van der Waals surface area contributed by atoms with Crippen molar-refractivity contribution in [3.63, 3.8) is 0 Å². The second-order valence-electron chi connectivity index (χ2n) is 4.29. The second-order valence-corrected chi connectivity index (χ2v) is 5.15. The lowest BCUT2D eigenvalue weighted by Crippen LogP contribution is -2.06. The van der Waals surface area contributed by atoms with Crippen LogP contribution in [0.3, 0.4) is 0 Å². The van der Waals surface area contributed by atoms with Gasteiger partial charge in [-0.1, -0.05) is 6.07 Å². The van der Waals surface area contributed by atoms with Crippen molar-refractivity contribution in [2.45, 2.75) is 13.3 Å². The summed E-state index contributed by atoms with van der Waals surface area (Å²) in [5, 5.41) is 0. The van der Waals surface area contributed by atoms with Crippen LogP contribution in [0.5, 0.6) is 0 Å². The minimum Gasteiger partial charge on any atom is -0.294 e. The summed E-state index contributed by atoms with van der Waals surface area (Å²) in [7, 11) is 0. The van der Waals surface area contributed by atoms with Crippen molar-refractivity contribution in [1.82, 2.24) is 0 Å². The Kier molecular flexibility index (Phi) is 4.10. The van der Waals surface area contributed by atoms with E-state index in [0.717, 1.165) is 5.56 Å². The predicted molar refractivity (Wildman–Crippen MR) is 73.3 cm³/mol. The maximum Gasteiger partial charge on any atom is 0.168 e. The molecule has 0 amide bonds. The molecule has 4 heteroatoms. The predicted octanol–water partition coefficient (Wildman–Crippen LogP) is 4.46. The monoisotopic (exact) mass is 324 g/mol. The van der Waals surface area contributed by atoms with Crippen LogP contribution < -0.4 is 0 Å². The first-order chi connectivity index (χ1) is 8.97. The van der Waals surface area contributed by atoms with Crippen LogP contribution in [0.1, 0.15) is 21.5 Å². The quantitative estimate of drug-likeness (QED) is 0.762. The Labute approximate surface area is 118 Å². The molecule has 0 aliphatic heterocycles. The van der Waals surface area contributed by atoms with Crippen LogP contribution >= 0.6 is 15.9 Å². The normalized spacial score (nSPS) is 10.5. The van der Waals surface area contributed by atoms with Crippen LogP contribution in [0.15, 0.2) is 40.9 Å². The summed E-state index contributed by atoms with van der Waals surface area (Å²) in [5.74, 6) is -0.961. The molecule has 0 fully saturated rings. The third kappa shape index (κ3) is 3.26. The zero-order chi connectivity index (χ0) is 14.0. The van der Waals surface area contributed by atoms with Gasteiger partial charge in [-0.2, -0.15) is 0 Å². The number of hydrogen-bond acceptors (Lipinski definition) is 1. The fourth-order valence-electron chi connectivity index (χ4n) is 1.81. The van der Waals surface area contributed by atoms with Gasteiger partial charge in [-0.25, -0.2) is 8.78 Å². The van der Waals surface area contributed by atoms with Crippen molar-refractivity contribution in [3.05, 3.63) is 69.2 Å². The molecule has 0 heterocycles. The molecule has 0 spiro atoms. The molecule has 0 aliphatic rings. The van der Waals surface area contributed by atoms with Gasteiger partial charge < -0.3 is 0 Å². The minimum absolute atomic E-state index is 0.0911. The van der Waals surface area contributed by atoms with Gasteiger partial charge in [0.25, 0.3) is 0 Å². The zero-order valence-corrected chi connectivity index (χ0v) is 11.8. The lowest BCUT2D eigenvalue weighted by Gasteiger charge is -2.07. The molecule has 19 heavy (non-hydrogen) atoms. The van der Waals surface area contributed by atoms with Crippen LogP contribution in [0.25, 0.3) is 0 Å². The largest absolute Gasteiger partial charge is 0.294 e. The zero-order valence-electron chi connectivity index (χ0n) is 10.2. The van der Waals surface area contributed by atoms with Gasteiger partial charge in [0.1, 0.15) is 11.6 Å². The van der Waals surface area contributed by atoms with Gasteiger partial charge in [0.2, 0.25) is 0 Å². The topological polar surface area (TPSA) is 17.1 Å². The third-order valence-corrected chi connectivity index (χ3v) is 3.55. The maximum atomic E-state index is 13.2. The fraction of sp³-hybridized carbons (Fsp3) is 0.133. The molecule has 0 N–H and O–H groups in total. The molecule has 0 atom stereocenters. The van der Waals surface area contributed by atoms with Crippen molar-refractivity contribution >= 4 is 21.7 Å². The molecule has 0 saturated heterocycles. The van der Waals surface area contributed by atoms with Gasteiger partial charge in [-0.05, 0) is 64.3 Å². The summed E-state index contributed by atoms with van der Waals surface area (Å²) in [5.41, 5.74) is 1.89. The van der Waals surface area contributed by atoms with E-state index in [2.05, 4.69) is 15.9 Å². The Morgan fingerprint density at radius 1 is 1.11 bits per heavy atom. The highest BCUT2D eigenvalue weighted by atomic mass is 79.9. The van der Waals surface area contributed by atoms with Crippen LogP contribution in [0, 0.1) is 18.6 Å². The molecule has 0 radical (unpaired) electrons. The Balaban J connectivity index is 2.28. The number of halogens is 3. The summed E-state index contributed by atoms with van der Waals surface area (Å²) in [6, 6.07) is 8.25. The third-order valence-electron chi connectivity index (χ3n) is 2.89. The lowest BCUT2D eigenvalue weighted by atomic mass is 9.99. The molecule has 0 unspecified atom stereocenters. The molecular formula is C15H11BrF2O. The number of carbonyl (C=O) groups excluding carboxylic acids is 1. The maximum absolute atomic E-state index is 13.2. The van der Waals surface area contributed by atoms with E-state index in [-0.39, 0.29) is 18.0 Å². The first-order valence-corrected chi connectivity index (χ1v) is 6.50. The fourth-order valence-corrected chi connectivity index (χ4v) is 2.39. The van der Waals surface area contributed by atoms with Gasteiger partial charge in [-0.3, -0.25) is 4.79 Å². The van der Waals surface area contributed by atoms with Crippen molar-refractivity contribution in [2.75, 3.05) is 0 Å². The molecule has 2 rings (SSSR count). The molecule has 98 valence electrons. The summed E-state index contributed by atoms with van der Waals surface area (Å²) >= 11 is 3.16. The lowest BCUT2D eigenvalue weighted by molar-refractivity contribution is 0.0992. The number of aryl methyl sites for hydroxylation is 1. The molecule has 2 aromatic carbocycles. The average molecular weight is 325 g/mol. The summed E-state index contributed by atoms with van der Waals surface area (Å²) in [6.45, 7) is 1.82. The van der Waals surface area contributed by atoms with Crippen molar-refractivity contribution in [2.24, 2.45) is 0 Å². The van der Waals surface area contributed by atoms with E-state index < -0.39 is 5.82 Å². The highest BCUT2D eigenvalue weighted by molar-refractivity contribution is 9.10. The Bertz CT molecular complexity index is 638. The molecule has 0 aromatic heterocycles. The summed E-state index contributed by atoms with van der Waals surface area (Å²) in [4.78, 5) is 12.1. The summed E-state index contributed by atoms with van der Waals surface area (Å²) in [6.07, 6.45) is 0.0911. The Hall–Kier alpha value is -1.55. The minimum atomic E-state index is -0.412. The van der Waals surface area contributed by atoms with Gasteiger partial charge >= 0.3 is 0 Å². The van der Waals surface area contributed by atoms with Gasteiger partial charge in [0, 0.05) is 16.5 Å². The van der Waals surface area contributed by atoms with E-state index in [1.165, 1.54) is 30.3 Å². The molecule has 0 saturated carbocycles. The average Bonchev–Trinajstić information content (AvgIpc) is 2.33. The molecule has 0 bridgehead atoms. The van der Waals surface area contributed by atoms with E-state index in [1.54, 1.807) is 6.07 Å². The number of Topliss-reactive ketones (excluding diaryl/α,β-unsaturated/α-hetero) is 1. The van der Waals surface area contributed by atoms with Crippen molar-refractivity contribution < 1.29 is 13.6 Å². The highest BCUT2D eigenvalue weighted by Gasteiger charge is 2.13. The van der Waals surface area contributed by atoms with E-state index in [1.807, 2.05) is 6.92 Å². The molecule has 2 aromatic rings. The SMILES string of the molecule is Cc1ccc(F)cc1CC(=O)c1ccc(F)cc1Br. The number of rotatable bonds is 3. The highest BCUT2D eigenvalue weighted by Crippen LogP contribution is 2.21. The second kappa shape index (κ2) is 5.61. The number of benzene rings is 2. The molecule has 0 aliphatic carbocycles. The van der Waals surface area contributed by atoms with E-state index in [9.17, 15) is 13.6 Å². The van der Waals surface area contributed by atoms with E-state index >= 15 is 0 Å². The van der Waals surface area contributed by atoms with Crippen LogP contribution in [0.2, 0.25) is 0 Å². The van der Waals surface area contributed by atoms with Crippen molar-refractivity contribution in [1.29, 1.82) is 0 Å². The van der Waals surface area contributed by atoms with E-state index in [4.69, 9.17) is 0 Å². The van der Waals surface area contributed by atoms with Crippen LogP contribution in [-0.2, 0) is 6.42 Å². The summed E-state index contributed by atoms with van der Waals surface area (Å²) < 4.78 is 26.5. The number of carbonyl (C=O) groups is 1. The van der Waals surface area contributed by atoms with Gasteiger partial charge in [0.15, 0.2) is 5.78 Å². The Morgan fingerprint density at radius 2 is 1.74 bits per heavy atom. The van der Waals surface area contributed by atoms with Gasteiger partial charge in [0.05, 0.1) is 0 Å². The Morgan fingerprint density at radius 3 is 2.42 bits per heavy atom. The smallest absolute Gasteiger partial charge is 0.168 e. The first-order valence-electron chi connectivity index (χ1n) is 5.70. The van der Waals surface area contributed by atoms with Gasteiger partial charge in [-0.15, -0.1) is 0 Å². The van der Waals surface area contributed by atoms with Crippen molar-refractivity contribution in [3.8, 4) is 0 Å². The standard InChI is InChI=1S/C15H11BrF2O/c1-9-2-3-11(17)6-10(9)7-15(19)13-5-4-12(18)8-14(13)16/h2-6,8H,7H2,1H3. The van der Waals surface area contributed by atoms with E-state index in [0.29, 0.717) is 15.6 Å². The number of hydrogen-bond donors (Lipinski definition) is 0. The molecule has 1 nitrogen and oxygen atoms in total.